The van der Waals surface area contributed by atoms with Gasteiger partial charge in [-0.3, -0.25) is 0 Å². The van der Waals surface area contributed by atoms with Gasteiger partial charge in [-0.15, -0.1) is 0 Å². The first kappa shape index (κ1) is 13.0. The lowest BCUT2D eigenvalue weighted by Gasteiger charge is -2.08. The Morgan fingerprint density at radius 1 is 1.11 bits per heavy atom. The fraction of sp³-hybridized carbons (Fsp3) is 0.0769. The van der Waals surface area contributed by atoms with Crippen molar-refractivity contribution in [2.45, 2.75) is 9.79 Å². The Morgan fingerprint density at radius 3 is 2.58 bits per heavy atom. The highest BCUT2D eigenvalue weighted by Crippen LogP contribution is 2.43. The van der Waals surface area contributed by atoms with Gasteiger partial charge in [-0.1, -0.05) is 23.4 Å². The van der Waals surface area contributed by atoms with Crippen LogP contribution in [0.15, 0.2) is 44.6 Å². The molecule has 0 radical (unpaired) electrons. The molecule has 0 fully saturated rings. The molecule has 0 saturated carbocycles. The van der Waals surface area contributed by atoms with E-state index in [1.807, 2.05) is 24.3 Å². The number of benzene rings is 2. The van der Waals surface area contributed by atoms with Crippen molar-refractivity contribution < 1.29 is 9.47 Å². The largest absolute Gasteiger partial charge is 0.454 e. The first-order valence-electron chi connectivity index (χ1n) is 5.45. The Bertz CT molecular complexity index is 651. The molecule has 3 rings (SSSR count). The molecule has 2 aromatic rings. The third kappa shape index (κ3) is 2.63. The van der Waals surface area contributed by atoms with E-state index in [9.17, 15) is 0 Å². The summed E-state index contributed by atoms with van der Waals surface area (Å²) in [6, 6.07) is 9.32. The molecule has 3 nitrogen and oxygen atoms in total. The molecule has 0 aromatic heterocycles. The minimum Gasteiger partial charge on any atom is -0.454 e. The summed E-state index contributed by atoms with van der Waals surface area (Å²) in [6.45, 7) is 0.244. The van der Waals surface area contributed by atoms with Crippen molar-refractivity contribution in [3.05, 3.63) is 39.8 Å². The molecule has 1 aliphatic heterocycles. The Hall–Kier alpha value is -1.04. The lowest BCUT2D eigenvalue weighted by atomic mass is 10.3. The van der Waals surface area contributed by atoms with Crippen molar-refractivity contribution in [2.24, 2.45) is 0 Å². The van der Waals surface area contributed by atoms with E-state index in [-0.39, 0.29) is 6.79 Å². The molecule has 6 heteroatoms. The third-order valence-corrected chi connectivity index (χ3v) is 4.92. The summed E-state index contributed by atoms with van der Waals surface area (Å²) in [4.78, 5) is 1.96. The summed E-state index contributed by atoms with van der Waals surface area (Å²) in [5.41, 5.74) is 6.69. The number of hydrogen-bond acceptors (Lipinski definition) is 4. The van der Waals surface area contributed by atoms with Crippen LogP contribution in [0.2, 0.25) is 5.02 Å². The Labute approximate surface area is 128 Å². The molecule has 2 N–H and O–H groups in total. The van der Waals surface area contributed by atoms with Gasteiger partial charge in [0.05, 0.1) is 0 Å². The fourth-order valence-corrected chi connectivity index (χ4v) is 3.50. The van der Waals surface area contributed by atoms with Crippen LogP contribution in [0, 0.1) is 0 Å². The van der Waals surface area contributed by atoms with Crippen LogP contribution in [0.25, 0.3) is 0 Å². The molecule has 98 valence electrons. The highest BCUT2D eigenvalue weighted by Gasteiger charge is 2.17. The predicted molar refractivity (Wildman–Crippen MR) is 80.3 cm³/mol. The lowest BCUT2D eigenvalue weighted by Crippen LogP contribution is -1.92. The highest BCUT2D eigenvalue weighted by molar-refractivity contribution is 9.10. The van der Waals surface area contributed by atoms with Gasteiger partial charge in [-0.05, 0) is 34.1 Å². The van der Waals surface area contributed by atoms with Crippen LogP contribution in [0.5, 0.6) is 11.5 Å². The van der Waals surface area contributed by atoms with Gasteiger partial charge in [-0.2, -0.15) is 0 Å². The maximum absolute atomic E-state index is 6.02. The van der Waals surface area contributed by atoms with Gasteiger partial charge in [0.15, 0.2) is 11.5 Å². The Balaban J connectivity index is 1.95. The Morgan fingerprint density at radius 2 is 1.84 bits per heavy atom. The molecule has 0 aliphatic carbocycles. The van der Waals surface area contributed by atoms with Crippen LogP contribution in [0.3, 0.4) is 0 Å². The SMILES string of the molecule is Nc1cc2c(cc1Sc1ccc(Cl)cc1Br)OCO2. The van der Waals surface area contributed by atoms with E-state index in [2.05, 4.69) is 15.9 Å². The molecular weight excluding hydrogens is 350 g/mol. The van der Waals surface area contributed by atoms with Gasteiger partial charge in [0, 0.05) is 37.1 Å². The number of nitrogens with two attached hydrogens (primary N) is 1. The molecular formula is C13H9BrClNO2S. The number of fused-ring (bicyclic) bond motifs is 1. The van der Waals surface area contributed by atoms with Crippen molar-refractivity contribution in [3.63, 3.8) is 0 Å². The van der Waals surface area contributed by atoms with Crippen molar-refractivity contribution in [1.29, 1.82) is 0 Å². The molecule has 0 amide bonds. The van der Waals surface area contributed by atoms with Gasteiger partial charge in [0.1, 0.15) is 0 Å². The molecule has 1 heterocycles. The van der Waals surface area contributed by atoms with Gasteiger partial charge < -0.3 is 15.2 Å². The Kier molecular flexibility index (Phi) is 3.52. The number of ether oxygens (including phenoxy) is 2. The van der Waals surface area contributed by atoms with Gasteiger partial charge >= 0.3 is 0 Å². The third-order valence-electron chi connectivity index (χ3n) is 2.62. The van der Waals surface area contributed by atoms with E-state index in [1.54, 1.807) is 17.8 Å². The topological polar surface area (TPSA) is 44.5 Å². The molecule has 0 bridgehead atoms. The molecule has 0 saturated heterocycles. The van der Waals surface area contributed by atoms with Crippen molar-refractivity contribution in [2.75, 3.05) is 12.5 Å². The van der Waals surface area contributed by atoms with E-state index in [0.29, 0.717) is 16.5 Å². The van der Waals surface area contributed by atoms with Crippen LogP contribution in [0.4, 0.5) is 5.69 Å². The van der Waals surface area contributed by atoms with Gasteiger partial charge in [0.25, 0.3) is 0 Å². The average molecular weight is 359 g/mol. The van der Waals surface area contributed by atoms with Crippen molar-refractivity contribution in [1.82, 2.24) is 0 Å². The summed E-state index contributed by atoms with van der Waals surface area (Å²) >= 11 is 11.0. The zero-order chi connectivity index (χ0) is 13.4. The van der Waals surface area contributed by atoms with E-state index in [4.69, 9.17) is 26.8 Å². The summed E-state index contributed by atoms with van der Waals surface area (Å²) in [7, 11) is 0. The fourth-order valence-electron chi connectivity index (χ4n) is 1.70. The highest BCUT2D eigenvalue weighted by atomic mass is 79.9. The van der Waals surface area contributed by atoms with Crippen LogP contribution < -0.4 is 15.2 Å². The monoisotopic (exact) mass is 357 g/mol. The minimum atomic E-state index is 0.244. The minimum absolute atomic E-state index is 0.244. The van der Waals surface area contributed by atoms with E-state index < -0.39 is 0 Å². The van der Waals surface area contributed by atoms with Crippen molar-refractivity contribution >= 4 is 45.0 Å². The molecule has 0 spiro atoms. The average Bonchev–Trinajstić information content (AvgIpc) is 2.80. The van der Waals surface area contributed by atoms with Crippen LogP contribution in [0.1, 0.15) is 0 Å². The smallest absolute Gasteiger partial charge is 0.231 e. The van der Waals surface area contributed by atoms with Gasteiger partial charge in [0.2, 0.25) is 6.79 Å². The number of rotatable bonds is 2. The standard InChI is InChI=1S/C13H9BrClNO2S/c14-8-3-7(15)1-2-12(8)19-13-5-11-10(4-9(13)16)17-6-18-11/h1-5H,6,16H2. The quantitative estimate of drug-likeness (QED) is 0.799. The van der Waals surface area contributed by atoms with Crippen molar-refractivity contribution in [3.8, 4) is 11.5 Å². The maximum atomic E-state index is 6.02. The first-order chi connectivity index (χ1) is 9.13. The molecule has 2 aromatic carbocycles. The second-order valence-electron chi connectivity index (χ2n) is 3.92. The van der Waals surface area contributed by atoms with Crippen LogP contribution in [-0.2, 0) is 0 Å². The van der Waals surface area contributed by atoms with E-state index in [1.165, 1.54) is 0 Å². The second-order valence-corrected chi connectivity index (χ2v) is 6.29. The zero-order valence-electron chi connectivity index (χ0n) is 9.65. The number of halogens is 2. The second kappa shape index (κ2) is 5.15. The summed E-state index contributed by atoms with van der Waals surface area (Å²) in [5.74, 6) is 1.42. The van der Waals surface area contributed by atoms with Crippen LogP contribution >= 0.6 is 39.3 Å². The molecule has 1 aliphatic rings. The number of hydrogen-bond donors (Lipinski definition) is 1. The van der Waals surface area contributed by atoms with Gasteiger partial charge in [-0.25, -0.2) is 0 Å². The first-order valence-corrected chi connectivity index (χ1v) is 7.44. The maximum Gasteiger partial charge on any atom is 0.231 e. The summed E-state index contributed by atoms with van der Waals surface area (Å²) in [5, 5.41) is 0.690. The summed E-state index contributed by atoms with van der Waals surface area (Å²) < 4.78 is 11.6. The summed E-state index contributed by atoms with van der Waals surface area (Å²) in [6.07, 6.45) is 0. The zero-order valence-corrected chi connectivity index (χ0v) is 12.8. The number of anilines is 1. The lowest BCUT2D eigenvalue weighted by molar-refractivity contribution is 0.174. The van der Waals surface area contributed by atoms with Crippen LogP contribution in [-0.4, -0.2) is 6.79 Å². The predicted octanol–water partition coefficient (Wildman–Crippen LogP) is 4.56. The molecule has 0 atom stereocenters. The van der Waals surface area contributed by atoms with E-state index >= 15 is 0 Å². The normalized spacial score (nSPS) is 12.7. The molecule has 19 heavy (non-hydrogen) atoms. The van der Waals surface area contributed by atoms with E-state index in [0.717, 1.165) is 20.0 Å². The number of nitrogen functional groups attached to an aromatic ring is 1. The molecule has 0 unspecified atom stereocenters.